The average Bonchev–Trinajstić information content (AvgIpc) is 3.04. The van der Waals surface area contributed by atoms with E-state index in [0.717, 1.165) is 31.4 Å². The Hall–Kier alpha value is -0.940. The SMILES string of the molecule is CN(CCNCc1cn(C(C)(C)C)nn1)C1CCCC1. The molecular formula is C15H29N5. The molecule has 20 heavy (non-hydrogen) atoms. The van der Waals surface area contributed by atoms with Gasteiger partial charge in [-0.2, -0.15) is 0 Å². The zero-order valence-electron chi connectivity index (χ0n) is 13.4. The van der Waals surface area contributed by atoms with Crippen LogP contribution in [0.3, 0.4) is 0 Å². The molecule has 1 saturated carbocycles. The van der Waals surface area contributed by atoms with E-state index in [1.807, 2.05) is 10.9 Å². The molecule has 0 aliphatic heterocycles. The number of hydrogen-bond donors (Lipinski definition) is 1. The molecule has 0 unspecified atom stereocenters. The monoisotopic (exact) mass is 279 g/mol. The summed E-state index contributed by atoms with van der Waals surface area (Å²) < 4.78 is 1.93. The summed E-state index contributed by atoms with van der Waals surface area (Å²) in [5.41, 5.74) is 1.02. The lowest BCUT2D eigenvalue weighted by molar-refractivity contribution is 0.245. The topological polar surface area (TPSA) is 46.0 Å². The first-order chi connectivity index (χ1) is 9.47. The molecule has 1 heterocycles. The van der Waals surface area contributed by atoms with Gasteiger partial charge in [-0.15, -0.1) is 5.10 Å². The second-order valence-electron chi connectivity index (χ2n) is 6.92. The molecule has 1 aliphatic carbocycles. The van der Waals surface area contributed by atoms with Gasteiger partial charge in [0.25, 0.3) is 0 Å². The standard InChI is InChI=1S/C15H29N5/c1-15(2,3)20-12-13(17-18-20)11-16-9-10-19(4)14-7-5-6-8-14/h12,14,16H,5-11H2,1-4H3. The van der Waals surface area contributed by atoms with Gasteiger partial charge in [-0.25, -0.2) is 4.68 Å². The maximum absolute atomic E-state index is 4.21. The van der Waals surface area contributed by atoms with Gasteiger partial charge in [0.05, 0.1) is 17.4 Å². The van der Waals surface area contributed by atoms with Crippen molar-refractivity contribution in [2.24, 2.45) is 0 Å². The predicted octanol–water partition coefficient (Wildman–Crippen LogP) is 2.00. The Balaban J connectivity index is 1.67. The summed E-state index contributed by atoms with van der Waals surface area (Å²) in [6.45, 7) is 9.32. The zero-order valence-corrected chi connectivity index (χ0v) is 13.4. The van der Waals surface area contributed by atoms with E-state index >= 15 is 0 Å². The Kier molecular flexibility index (Phi) is 5.16. The van der Waals surface area contributed by atoms with Gasteiger partial charge in [-0.1, -0.05) is 18.1 Å². The van der Waals surface area contributed by atoms with Crippen LogP contribution in [0.15, 0.2) is 6.20 Å². The molecule has 5 heteroatoms. The van der Waals surface area contributed by atoms with E-state index < -0.39 is 0 Å². The van der Waals surface area contributed by atoms with Crippen LogP contribution in [0.5, 0.6) is 0 Å². The maximum atomic E-state index is 4.21. The molecule has 0 spiro atoms. The van der Waals surface area contributed by atoms with Crippen molar-refractivity contribution in [3.8, 4) is 0 Å². The van der Waals surface area contributed by atoms with Gasteiger partial charge < -0.3 is 10.2 Å². The minimum absolute atomic E-state index is 0.00788. The van der Waals surface area contributed by atoms with Crippen molar-refractivity contribution >= 4 is 0 Å². The molecule has 114 valence electrons. The van der Waals surface area contributed by atoms with Crippen molar-refractivity contribution in [2.45, 2.75) is 64.6 Å². The van der Waals surface area contributed by atoms with Gasteiger partial charge >= 0.3 is 0 Å². The van der Waals surface area contributed by atoms with E-state index in [2.05, 4.69) is 48.3 Å². The smallest absolute Gasteiger partial charge is 0.0965 e. The van der Waals surface area contributed by atoms with E-state index in [0.29, 0.717) is 0 Å². The molecule has 0 radical (unpaired) electrons. The molecule has 1 aromatic heterocycles. The number of aromatic nitrogens is 3. The van der Waals surface area contributed by atoms with Crippen LogP contribution in [0.1, 0.15) is 52.1 Å². The number of hydrogen-bond acceptors (Lipinski definition) is 4. The highest BCUT2D eigenvalue weighted by Gasteiger charge is 2.19. The van der Waals surface area contributed by atoms with Crippen LogP contribution in [-0.4, -0.2) is 46.1 Å². The summed E-state index contributed by atoms with van der Waals surface area (Å²) in [7, 11) is 2.24. The molecule has 1 fully saturated rings. The summed E-state index contributed by atoms with van der Waals surface area (Å²) in [5.74, 6) is 0. The molecule has 2 rings (SSSR count). The first-order valence-electron chi connectivity index (χ1n) is 7.79. The lowest BCUT2D eigenvalue weighted by atomic mass is 10.1. The molecule has 0 atom stereocenters. The van der Waals surface area contributed by atoms with E-state index in [-0.39, 0.29) is 5.54 Å². The van der Waals surface area contributed by atoms with Crippen molar-refractivity contribution < 1.29 is 0 Å². The van der Waals surface area contributed by atoms with E-state index in [1.54, 1.807) is 0 Å². The van der Waals surface area contributed by atoms with E-state index in [1.165, 1.54) is 25.7 Å². The van der Waals surface area contributed by atoms with Gasteiger partial charge in [0.1, 0.15) is 0 Å². The summed E-state index contributed by atoms with van der Waals surface area (Å²) in [6.07, 6.45) is 7.58. The van der Waals surface area contributed by atoms with Crippen LogP contribution in [0.25, 0.3) is 0 Å². The molecule has 0 bridgehead atoms. The highest BCUT2D eigenvalue weighted by molar-refractivity contribution is 4.94. The van der Waals surface area contributed by atoms with Gasteiger partial charge in [-0.3, -0.25) is 0 Å². The van der Waals surface area contributed by atoms with Crippen LogP contribution in [-0.2, 0) is 12.1 Å². The summed E-state index contributed by atoms with van der Waals surface area (Å²) in [6, 6.07) is 0.804. The van der Waals surface area contributed by atoms with Crippen LogP contribution < -0.4 is 5.32 Å². The van der Waals surface area contributed by atoms with Gasteiger partial charge in [0.15, 0.2) is 0 Å². The molecule has 1 N–H and O–H groups in total. The maximum Gasteiger partial charge on any atom is 0.0965 e. The number of rotatable bonds is 6. The Morgan fingerprint density at radius 1 is 1.35 bits per heavy atom. The first kappa shape index (κ1) is 15.4. The lowest BCUT2D eigenvalue weighted by Crippen LogP contribution is -2.35. The fourth-order valence-electron chi connectivity index (χ4n) is 2.71. The summed E-state index contributed by atoms with van der Waals surface area (Å²) in [4.78, 5) is 2.49. The molecule has 0 aromatic carbocycles. The quantitative estimate of drug-likeness (QED) is 0.809. The van der Waals surface area contributed by atoms with E-state index in [9.17, 15) is 0 Å². The molecule has 0 amide bonds. The average molecular weight is 279 g/mol. The van der Waals surface area contributed by atoms with E-state index in [4.69, 9.17) is 0 Å². The second-order valence-corrected chi connectivity index (χ2v) is 6.92. The third-order valence-electron chi connectivity index (χ3n) is 4.12. The predicted molar refractivity (Wildman–Crippen MR) is 81.6 cm³/mol. The Morgan fingerprint density at radius 3 is 2.65 bits per heavy atom. The van der Waals surface area contributed by atoms with Crippen LogP contribution in [0.2, 0.25) is 0 Å². The fourth-order valence-corrected chi connectivity index (χ4v) is 2.71. The summed E-state index contributed by atoms with van der Waals surface area (Å²) >= 11 is 0. The molecule has 1 aliphatic rings. The third-order valence-corrected chi connectivity index (χ3v) is 4.12. The highest BCUT2D eigenvalue weighted by atomic mass is 15.4. The Labute approximate surface area is 122 Å². The first-order valence-corrected chi connectivity index (χ1v) is 7.79. The van der Waals surface area contributed by atoms with Crippen molar-refractivity contribution in [2.75, 3.05) is 20.1 Å². The highest BCUT2D eigenvalue weighted by Crippen LogP contribution is 2.21. The van der Waals surface area contributed by atoms with Crippen LogP contribution in [0.4, 0.5) is 0 Å². The van der Waals surface area contributed by atoms with Gasteiger partial charge in [0, 0.05) is 25.7 Å². The number of nitrogens with zero attached hydrogens (tertiary/aromatic N) is 4. The Bertz CT molecular complexity index is 401. The van der Waals surface area contributed by atoms with Crippen molar-refractivity contribution in [3.05, 3.63) is 11.9 Å². The van der Waals surface area contributed by atoms with Crippen LogP contribution >= 0.6 is 0 Å². The largest absolute Gasteiger partial charge is 0.310 e. The minimum atomic E-state index is 0.00788. The van der Waals surface area contributed by atoms with Crippen molar-refractivity contribution in [1.82, 2.24) is 25.2 Å². The zero-order chi connectivity index (χ0) is 14.6. The van der Waals surface area contributed by atoms with Gasteiger partial charge in [-0.05, 0) is 40.7 Å². The molecule has 5 nitrogen and oxygen atoms in total. The van der Waals surface area contributed by atoms with Crippen molar-refractivity contribution in [1.29, 1.82) is 0 Å². The van der Waals surface area contributed by atoms with Crippen LogP contribution in [0, 0.1) is 0 Å². The second kappa shape index (κ2) is 6.68. The lowest BCUT2D eigenvalue weighted by Gasteiger charge is -2.23. The third kappa shape index (κ3) is 4.28. The molecule has 0 saturated heterocycles. The fraction of sp³-hybridized carbons (Fsp3) is 0.867. The normalized spacial score (nSPS) is 17.2. The number of nitrogens with one attached hydrogen (secondary N) is 1. The summed E-state index contributed by atoms with van der Waals surface area (Å²) in [5, 5.41) is 11.9. The Morgan fingerprint density at radius 2 is 2.05 bits per heavy atom. The van der Waals surface area contributed by atoms with Gasteiger partial charge in [0.2, 0.25) is 0 Å². The van der Waals surface area contributed by atoms with Crippen molar-refractivity contribution in [3.63, 3.8) is 0 Å². The molecule has 1 aromatic rings. The minimum Gasteiger partial charge on any atom is -0.310 e. The number of likely N-dealkylation sites (N-methyl/N-ethyl adjacent to an activating group) is 1. The molecular weight excluding hydrogens is 250 g/mol.